The number of nitrogens with two attached hydrogens (primary N) is 1. The second-order valence-corrected chi connectivity index (χ2v) is 5.37. The summed E-state index contributed by atoms with van der Waals surface area (Å²) in [5.74, 6) is 1.14. The number of aryl methyl sites for hydroxylation is 1. The molecule has 0 radical (unpaired) electrons. The normalized spacial score (nSPS) is 17.8. The molecule has 1 aromatic rings. The second kappa shape index (κ2) is 6.82. The first-order valence-corrected chi connectivity index (χ1v) is 7.18. The van der Waals surface area contributed by atoms with Crippen LogP contribution in [0.2, 0.25) is 0 Å². The van der Waals surface area contributed by atoms with Crippen molar-refractivity contribution in [2.24, 2.45) is 5.73 Å². The molecule has 19 heavy (non-hydrogen) atoms. The number of imidazole rings is 1. The quantitative estimate of drug-likeness (QED) is 0.826. The van der Waals surface area contributed by atoms with E-state index in [0.717, 1.165) is 44.7 Å². The fraction of sp³-hybridized carbons (Fsp3) is 0.714. The molecule has 1 aliphatic rings. The van der Waals surface area contributed by atoms with Gasteiger partial charge >= 0.3 is 0 Å². The molecule has 5 nitrogen and oxygen atoms in total. The Kier molecular flexibility index (Phi) is 5.10. The highest BCUT2D eigenvalue weighted by Gasteiger charge is 2.19. The standard InChI is InChI=1S/C14H24N4O/c1-2-6-18-9-5-16-14(18)10-13(19)11-17-7-3-12(15)4-8-17/h5,9,12H,2-4,6-8,10-11,15H2,1H3. The fourth-order valence-corrected chi connectivity index (χ4v) is 2.54. The van der Waals surface area contributed by atoms with Crippen molar-refractivity contribution in [3.05, 3.63) is 18.2 Å². The molecular formula is C14H24N4O. The minimum absolute atomic E-state index is 0.249. The molecule has 0 saturated carbocycles. The van der Waals surface area contributed by atoms with E-state index in [9.17, 15) is 4.79 Å². The monoisotopic (exact) mass is 264 g/mol. The first-order valence-electron chi connectivity index (χ1n) is 7.18. The minimum atomic E-state index is 0.249. The highest BCUT2D eigenvalue weighted by molar-refractivity contribution is 5.82. The summed E-state index contributed by atoms with van der Waals surface area (Å²) < 4.78 is 2.07. The Morgan fingerprint density at radius 3 is 2.89 bits per heavy atom. The maximum atomic E-state index is 12.1. The molecule has 106 valence electrons. The third-order valence-corrected chi connectivity index (χ3v) is 3.65. The summed E-state index contributed by atoms with van der Waals surface area (Å²) in [5.41, 5.74) is 5.87. The molecule has 2 rings (SSSR count). The molecule has 2 heterocycles. The van der Waals surface area contributed by atoms with Gasteiger partial charge < -0.3 is 10.3 Å². The lowest BCUT2D eigenvalue weighted by atomic mass is 10.1. The summed E-state index contributed by atoms with van der Waals surface area (Å²) in [7, 11) is 0. The van der Waals surface area contributed by atoms with Gasteiger partial charge in [-0.3, -0.25) is 9.69 Å². The number of hydrogen-bond acceptors (Lipinski definition) is 4. The molecule has 0 aliphatic carbocycles. The second-order valence-electron chi connectivity index (χ2n) is 5.37. The van der Waals surface area contributed by atoms with Crippen LogP contribution >= 0.6 is 0 Å². The molecule has 0 atom stereocenters. The van der Waals surface area contributed by atoms with E-state index in [0.29, 0.717) is 19.0 Å². The first kappa shape index (κ1) is 14.2. The van der Waals surface area contributed by atoms with Crippen LogP contribution in [-0.2, 0) is 17.8 Å². The van der Waals surface area contributed by atoms with Gasteiger partial charge in [0.15, 0.2) is 5.78 Å². The lowest BCUT2D eigenvalue weighted by Gasteiger charge is -2.29. The number of carbonyl (C=O) groups is 1. The predicted molar refractivity (Wildman–Crippen MR) is 74.9 cm³/mol. The molecule has 1 aliphatic heterocycles. The highest BCUT2D eigenvalue weighted by Crippen LogP contribution is 2.09. The number of piperidine rings is 1. The van der Waals surface area contributed by atoms with E-state index < -0.39 is 0 Å². The van der Waals surface area contributed by atoms with E-state index in [1.54, 1.807) is 6.20 Å². The van der Waals surface area contributed by atoms with Crippen LogP contribution < -0.4 is 5.73 Å². The van der Waals surface area contributed by atoms with E-state index >= 15 is 0 Å². The van der Waals surface area contributed by atoms with E-state index in [1.165, 1.54) is 0 Å². The van der Waals surface area contributed by atoms with Crippen LogP contribution in [0.5, 0.6) is 0 Å². The van der Waals surface area contributed by atoms with Gasteiger partial charge in [-0.2, -0.15) is 0 Å². The zero-order valence-corrected chi connectivity index (χ0v) is 11.7. The summed E-state index contributed by atoms with van der Waals surface area (Å²) in [5, 5.41) is 0. The molecule has 0 bridgehead atoms. The Bertz CT molecular complexity index is 407. The Labute approximate surface area is 114 Å². The summed E-state index contributed by atoms with van der Waals surface area (Å²) in [6, 6.07) is 0.315. The number of likely N-dealkylation sites (tertiary alicyclic amines) is 1. The van der Waals surface area contributed by atoms with E-state index in [2.05, 4.69) is 21.4 Å². The number of Topliss-reactive ketones (excluding diaryl/α,β-unsaturated/α-hetero) is 1. The number of ketones is 1. The first-order chi connectivity index (χ1) is 9.19. The number of hydrogen-bond donors (Lipinski definition) is 1. The van der Waals surface area contributed by atoms with Gasteiger partial charge in [-0.05, 0) is 19.3 Å². The molecule has 5 heteroatoms. The smallest absolute Gasteiger partial charge is 0.154 e. The van der Waals surface area contributed by atoms with Gasteiger partial charge in [0.25, 0.3) is 0 Å². The Hall–Kier alpha value is -1.20. The molecule has 1 saturated heterocycles. The van der Waals surface area contributed by atoms with Gasteiger partial charge in [0, 0.05) is 38.1 Å². The molecule has 0 amide bonds. The van der Waals surface area contributed by atoms with Gasteiger partial charge in [-0.25, -0.2) is 4.98 Å². The van der Waals surface area contributed by atoms with Gasteiger partial charge in [-0.1, -0.05) is 6.92 Å². The summed E-state index contributed by atoms with van der Waals surface area (Å²) in [6.07, 6.45) is 7.22. The summed E-state index contributed by atoms with van der Waals surface area (Å²) in [6.45, 7) is 5.47. The van der Waals surface area contributed by atoms with Gasteiger partial charge in [0.05, 0.1) is 13.0 Å². The average Bonchev–Trinajstić information content (AvgIpc) is 2.80. The van der Waals surface area contributed by atoms with Gasteiger partial charge in [0.1, 0.15) is 5.82 Å². The largest absolute Gasteiger partial charge is 0.335 e. The van der Waals surface area contributed by atoms with Crippen LogP contribution in [0.4, 0.5) is 0 Å². The summed E-state index contributed by atoms with van der Waals surface area (Å²) >= 11 is 0. The number of nitrogens with zero attached hydrogens (tertiary/aromatic N) is 3. The maximum absolute atomic E-state index is 12.1. The highest BCUT2D eigenvalue weighted by atomic mass is 16.1. The maximum Gasteiger partial charge on any atom is 0.154 e. The van der Waals surface area contributed by atoms with Crippen molar-refractivity contribution in [1.82, 2.24) is 14.5 Å². The van der Waals surface area contributed by atoms with E-state index in [-0.39, 0.29) is 5.78 Å². The van der Waals surface area contributed by atoms with Gasteiger partial charge in [0.2, 0.25) is 0 Å². The third-order valence-electron chi connectivity index (χ3n) is 3.65. The molecule has 2 N–H and O–H groups in total. The van der Waals surface area contributed by atoms with Crippen LogP contribution in [0.1, 0.15) is 32.0 Å². The van der Waals surface area contributed by atoms with Crippen molar-refractivity contribution in [1.29, 1.82) is 0 Å². The van der Waals surface area contributed by atoms with Crippen LogP contribution in [0.25, 0.3) is 0 Å². The number of carbonyl (C=O) groups excluding carboxylic acids is 1. The SMILES string of the molecule is CCCn1ccnc1CC(=O)CN1CCC(N)CC1. The molecule has 0 spiro atoms. The van der Waals surface area contributed by atoms with Crippen molar-refractivity contribution in [3.8, 4) is 0 Å². The fourth-order valence-electron chi connectivity index (χ4n) is 2.54. The average molecular weight is 264 g/mol. The zero-order chi connectivity index (χ0) is 13.7. The molecular weight excluding hydrogens is 240 g/mol. The molecule has 0 unspecified atom stereocenters. The number of aromatic nitrogens is 2. The van der Waals surface area contributed by atoms with Crippen molar-refractivity contribution in [2.75, 3.05) is 19.6 Å². The van der Waals surface area contributed by atoms with Crippen LogP contribution in [0, 0.1) is 0 Å². The lowest BCUT2D eigenvalue weighted by molar-refractivity contribution is -0.120. The lowest BCUT2D eigenvalue weighted by Crippen LogP contribution is -2.42. The zero-order valence-electron chi connectivity index (χ0n) is 11.7. The van der Waals surface area contributed by atoms with Crippen molar-refractivity contribution >= 4 is 5.78 Å². The summed E-state index contributed by atoms with van der Waals surface area (Å²) in [4.78, 5) is 18.6. The van der Waals surface area contributed by atoms with Crippen LogP contribution in [-0.4, -0.2) is 45.9 Å². The molecule has 1 aromatic heterocycles. The predicted octanol–water partition coefficient (Wildman–Crippen LogP) is 0.828. The van der Waals surface area contributed by atoms with Gasteiger partial charge in [-0.15, -0.1) is 0 Å². The third kappa shape index (κ3) is 4.14. The van der Waals surface area contributed by atoms with E-state index in [4.69, 9.17) is 5.73 Å². The van der Waals surface area contributed by atoms with Crippen molar-refractivity contribution in [2.45, 2.75) is 45.2 Å². The van der Waals surface area contributed by atoms with Crippen LogP contribution in [0.15, 0.2) is 12.4 Å². The Balaban J connectivity index is 1.82. The molecule has 1 fully saturated rings. The Morgan fingerprint density at radius 1 is 1.47 bits per heavy atom. The Morgan fingerprint density at radius 2 is 2.21 bits per heavy atom. The van der Waals surface area contributed by atoms with Crippen molar-refractivity contribution in [3.63, 3.8) is 0 Å². The molecule has 0 aromatic carbocycles. The van der Waals surface area contributed by atoms with E-state index in [1.807, 2.05) is 6.20 Å². The topological polar surface area (TPSA) is 64.2 Å². The minimum Gasteiger partial charge on any atom is -0.335 e. The number of rotatable bonds is 6. The van der Waals surface area contributed by atoms with Crippen LogP contribution in [0.3, 0.4) is 0 Å². The van der Waals surface area contributed by atoms with Crippen molar-refractivity contribution < 1.29 is 4.79 Å².